The molecule has 1 saturated carbocycles. The molecule has 2 bridgehead atoms. The topological polar surface area (TPSA) is 55.8 Å². The Morgan fingerprint density at radius 3 is 2.72 bits per heavy atom. The van der Waals surface area contributed by atoms with Crippen LogP contribution in [0.2, 0.25) is 5.02 Å². The normalized spacial score (nSPS) is 32.6. The van der Waals surface area contributed by atoms with Gasteiger partial charge in [-0.2, -0.15) is 0 Å². The van der Waals surface area contributed by atoms with E-state index in [1.165, 1.54) is 12.1 Å². The summed E-state index contributed by atoms with van der Waals surface area (Å²) in [5.41, 5.74) is 1.75. The highest BCUT2D eigenvalue weighted by Gasteiger charge is 2.62. The maximum Gasteiger partial charge on any atom is 0.167 e. The predicted octanol–water partition coefficient (Wildman–Crippen LogP) is 4.65. The Hall–Kier alpha value is -1.95. The number of aliphatic hydroxyl groups is 1. The predicted molar refractivity (Wildman–Crippen MR) is 106 cm³/mol. The molecule has 6 heteroatoms. The van der Waals surface area contributed by atoms with E-state index in [0.717, 1.165) is 30.4 Å². The van der Waals surface area contributed by atoms with Crippen LogP contribution in [0, 0.1) is 17.7 Å². The molecule has 0 amide bonds. The summed E-state index contributed by atoms with van der Waals surface area (Å²) in [4.78, 5) is 13.3. The lowest BCUT2D eigenvalue weighted by molar-refractivity contribution is -0.124. The van der Waals surface area contributed by atoms with Gasteiger partial charge < -0.3 is 14.6 Å². The Labute approximate surface area is 173 Å². The minimum absolute atomic E-state index is 0.0263. The Morgan fingerprint density at radius 2 is 2.00 bits per heavy atom. The molecule has 5 rings (SSSR count). The van der Waals surface area contributed by atoms with Crippen LogP contribution in [0.15, 0.2) is 36.4 Å². The molecule has 4 nitrogen and oxygen atoms in total. The summed E-state index contributed by atoms with van der Waals surface area (Å²) >= 11 is 5.81. The third kappa shape index (κ3) is 2.98. The molecule has 3 fully saturated rings. The molecule has 3 aliphatic rings. The number of aryl methyl sites for hydroxylation is 1. The molecule has 2 saturated heterocycles. The average molecular weight is 417 g/mol. The number of carbonyl (C=O) groups excluding carboxylic acids is 1. The van der Waals surface area contributed by atoms with Gasteiger partial charge in [0.15, 0.2) is 11.6 Å². The summed E-state index contributed by atoms with van der Waals surface area (Å²) in [5, 5.41) is 11.4. The van der Waals surface area contributed by atoms with E-state index in [-0.39, 0.29) is 35.6 Å². The molecular weight excluding hydrogens is 395 g/mol. The second-order valence-corrected chi connectivity index (χ2v) is 8.59. The monoisotopic (exact) mass is 416 g/mol. The molecule has 2 aromatic rings. The van der Waals surface area contributed by atoms with E-state index < -0.39 is 17.8 Å². The zero-order valence-electron chi connectivity index (χ0n) is 16.0. The van der Waals surface area contributed by atoms with E-state index in [4.69, 9.17) is 21.1 Å². The number of ketones is 1. The van der Waals surface area contributed by atoms with Crippen molar-refractivity contribution >= 4 is 17.4 Å². The number of benzene rings is 2. The van der Waals surface area contributed by atoms with Crippen LogP contribution in [0.25, 0.3) is 0 Å². The molecule has 0 spiro atoms. The molecule has 2 aromatic carbocycles. The summed E-state index contributed by atoms with van der Waals surface area (Å²) < 4.78 is 25.8. The van der Waals surface area contributed by atoms with Crippen LogP contribution in [-0.2, 0) is 16.0 Å². The van der Waals surface area contributed by atoms with Gasteiger partial charge in [0.25, 0.3) is 0 Å². The third-order valence-corrected chi connectivity index (χ3v) is 6.89. The standard InChI is InChI=1S/C23H22ClFO4/c1-2-11-3-5-13(28-16-6-4-12(24)9-15(16)25)10-14(11)19-22(26)20-17-7-8-18(29-17)21(20)23(19)27/h3-6,9-10,17-22,26H,2,7-8H2,1H3. The summed E-state index contributed by atoms with van der Waals surface area (Å²) in [5.74, 6) is -0.962. The van der Waals surface area contributed by atoms with Crippen molar-refractivity contribution in [3.8, 4) is 11.5 Å². The summed E-state index contributed by atoms with van der Waals surface area (Å²) in [7, 11) is 0. The van der Waals surface area contributed by atoms with Gasteiger partial charge in [0.1, 0.15) is 11.5 Å². The smallest absolute Gasteiger partial charge is 0.167 e. The number of aliphatic hydroxyl groups excluding tert-OH is 1. The van der Waals surface area contributed by atoms with Gasteiger partial charge in [0.2, 0.25) is 0 Å². The fourth-order valence-electron chi connectivity index (χ4n) is 5.39. The zero-order chi connectivity index (χ0) is 20.3. The molecule has 1 aliphatic carbocycles. The minimum Gasteiger partial charge on any atom is -0.454 e. The second kappa shape index (κ2) is 7.08. The summed E-state index contributed by atoms with van der Waals surface area (Å²) in [6.45, 7) is 2.01. The number of Topliss-reactive ketones (excluding diaryl/α,β-unsaturated/α-hetero) is 1. The number of carbonyl (C=O) groups is 1. The molecule has 2 aliphatic heterocycles. The van der Waals surface area contributed by atoms with Gasteiger partial charge in [-0.1, -0.05) is 24.6 Å². The highest BCUT2D eigenvalue weighted by molar-refractivity contribution is 6.30. The lowest BCUT2D eigenvalue weighted by atomic mass is 9.81. The molecule has 0 aromatic heterocycles. The lowest BCUT2D eigenvalue weighted by Gasteiger charge is -2.23. The van der Waals surface area contributed by atoms with Crippen molar-refractivity contribution in [3.05, 3.63) is 58.4 Å². The number of fused-ring (bicyclic) bond motifs is 5. The molecule has 152 valence electrons. The number of halogens is 2. The van der Waals surface area contributed by atoms with Gasteiger partial charge in [-0.15, -0.1) is 0 Å². The van der Waals surface area contributed by atoms with E-state index in [1.807, 2.05) is 13.0 Å². The van der Waals surface area contributed by atoms with Gasteiger partial charge in [-0.25, -0.2) is 4.39 Å². The van der Waals surface area contributed by atoms with Crippen molar-refractivity contribution in [1.29, 1.82) is 0 Å². The van der Waals surface area contributed by atoms with Crippen LogP contribution in [0.5, 0.6) is 11.5 Å². The van der Waals surface area contributed by atoms with E-state index >= 15 is 0 Å². The SMILES string of the molecule is CCc1ccc(Oc2ccc(Cl)cc2F)cc1C1C(=O)C2C3CCC(O3)C2C1O. The highest BCUT2D eigenvalue weighted by Crippen LogP contribution is 2.54. The van der Waals surface area contributed by atoms with Crippen molar-refractivity contribution in [2.24, 2.45) is 11.8 Å². The maximum absolute atomic E-state index is 14.1. The fraction of sp³-hybridized carbons (Fsp3) is 0.435. The Kier molecular flexibility index (Phi) is 4.65. The van der Waals surface area contributed by atoms with Crippen molar-refractivity contribution < 1.29 is 23.8 Å². The van der Waals surface area contributed by atoms with Crippen LogP contribution < -0.4 is 4.74 Å². The second-order valence-electron chi connectivity index (χ2n) is 8.16. The van der Waals surface area contributed by atoms with Crippen molar-refractivity contribution in [3.63, 3.8) is 0 Å². The number of rotatable bonds is 4. The van der Waals surface area contributed by atoms with Crippen LogP contribution in [0.1, 0.15) is 36.8 Å². The van der Waals surface area contributed by atoms with Gasteiger partial charge >= 0.3 is 0 Å². The van der Waals surface area contributed by atoms with E-state index in [1.54, 1.807) is 18.2 Å². The molecular formula is C23H22ClFO4. The van der Waals surface area contributed by atoms with Gasteiger partial charge in [0.05, 0.1) is 30.1 Å². The lowest BCUT2D eigenvalue weighted by Crippen LogP contribution is -2.31. The third-order valence-electron chi connectivity index (χ3n) is 6.66. The molecule has 6 atom stereocenters. The van der Waals surface area contributed by atoms with E-state index in [2.05, 4.69) is 0 Å². The van der Waals surface area contributed by atoms with Crippen LogP contribution in [0.4, 0.5) is 4.39 Å². The number of ether oxygens (including phenoxy) is 2. The average Bonchev–Trinajstić information content (AvgIpc) is 3.38. The quantitative estimate of drug-likeness (QED) is 0.787. The van der Waals surface area contributed by atoms with Crippen molar-refractivity contribution in [2.45, 2.75) is 50.4 Å². The zero-order valence-corrected chi connectivity index (χ0v) is 16.7. The van der Waals surface area contributed by atoms with E-state index in [9.17, 15) is 14.3 Å². The summed E-state index contributed by atoms with van der Waals surface area (Å²) in [6, 6.07) is 9.64. The highest BCUT2D eigenvalue weighted by atomic mass is 35.5. The number of hydrogen-bond acceptors (Lipinski definition) is 4. The maximum atomic E-state index is 14.1. The number of hydrogen-bond donors (Lipinski definition) is 1. The van der Waals surface area contributed by atoms with Gasteiger partial charge in [0, 0.05) is 10.9 Å². The molecule has 2 heterocycles. The van der Waals surface area contributed by atoms with Crippen LogP contribution in [-0.4, -0.2) is 29.2 Å². The molecule has 1 N–H and O–H groups in total. The Morgan fingerprint density at radius 1 is 1.21 bits per heavy atom. The Balaban J connectivity index is 1.49. The first-order valence-electron chi connectivity index (χ1n) is 10.1. The Bertz CT molecular complexity index is 977. The van der Waals surface area contributed by atoms with Gasteiger partial charge in [-0.05, 0) is 60.7 Å². The minimum atomic E-state index is -0.768. The van der Waals surface area contributed by atoms with Gasteiger partial charge in [-0.3, -0.25) is 4.79 Å². The molecule has 6 unspecified atom stereocenters. The largest absolute Gasteiger partial charge is 0.454 e. The van der Waals surface area contributed by atoms with Crippen LogP contribution in [0.3, 0.4) is 0 Å². The molecule has 0 radical (unpaired) electrons. The molecule has 29 heavy (non-hydrogen) atoms. The van der Waals surface area contributed by atoms with E-state index in [0.29, 0.717) is 10.8 Å². The first-order chi connectivity index (χ1) is 14.0. The summed E-state index contributed by atoms with van der Waals surface area (Å²) in [6.07, 6.45) is 1.65. The first-order valence-corrected chi connectivity index (χ1v) is 10.5. The van der Waals surface area contributed by atoms with Crippen LogP contribution >= 0.6 is 11.6 Å². The first kappa shape index (κ1) is 19.0. The van der Waals surface area contributed by atoms with Crippen molar-refractivity contribution in [2.75, 3.05) is 0 Å². The van der Waals surface area contributed by atoms with Crippen molar-refractivity contribution in [1.82, 2.24) is 0 Å². The fourth-order valence-corrected chi connectivity index (χ4v) is 5.55.